The summed E-state index contributed by atoms with van der Waals surface area (Å²) in [6, 6.07) is 0. The Morgan fingerprint density at radius 2 is 2.16 bits per heavy atom. The molecule has 7 nitrogen and oxygen atoms in total. The predicted octanol–water partition coefficient (Wildman–Crippen LogP) is 0.859. The Morgan fingerprint density at radius 1 is 1.32 bits per heavy atom. The number of nitrogens with two attached hydrogens (primary N) is 1. The maximum Gasteiger partial charge on any atom is 0.167 e. The molecule has 1 aliphatic heterocycles. The van der Waals surface area contributed by atoms with E-state index in [1.807, 2.05) is 4.57 Å². The third-order valence-corrected chi connectivity index (χ3v) is 3.48. The fourth-order valence-corrected chi connectivity index (χ4v) is 2.47. The van der Waals surface area contributed by atoms with Gasteiger partial charge >= 0.3 is 0 Å². The smallest absolute Gasteiger partial charge is 0.167 e. The largest absolute Gasteiger partial charge is 0.394 e. The zero-order chi connectivity index (χ0) is 13.2. The van der Waals surface area contributed by atoms with Crippen LogP contribution in [0.2, 0.25) is 0 Å². The number of imidazole rings is 1. The number of aliphatic hydroxyl groups excluding tert-OH is 1. The number of fused-ring (bicyclic) bond motifs is 1. The van der Waals surface area contributed by atoms with E-state index in [1.54, 1.807) is 6.33 Å². The van der Waals surface area contributed by atoms with Gasteiger partial charge in [0, 0.05) is 0 Å². The van der Waals surface area contributed by atoms with Crippen molar-refractivity contribution in [3.05, 3.63) is 12.7 Å². The number of aromatic nitrogens is 4. The van der Waals surface area contributed by atoms with Gasteiger partial charge in [-0.1, -0.05) is 6.42 Å². The standard InChI is InChI=1S/C12H17N5O2/c13-11-10-12(15-6-14-11)17(7-16-10)9-4-2-1-3-8(5-18)19-9/h6-9,18H,1-5H2,(H2,13,14,15). The number of hydrogen-bond donors (Lipinski definition) is 2. The van der Waals surface area contributed by atoms with E-state index in [0.29, 0.717) is 17.0 Å². The number of hydrogen-bond acceptors (Lipinski definition) is 6. The monoisotopic (exact) mass is 263 g/mol. The molecule has 1 aliphatic rings. The lowest BCUT2D eigenvalue weighted by atomic mass is 10.1. The quantitative estimate of drug-likeness (QED) is 0.833. The lowest BCUT2D eigenvalue weighted by Gasteiger charge is -2.21. The highest BCUT2D eigenvalue weighted by molar-refractivity contribution is 5.81. The molecule has 19 heavy (non-hydrogen) atoms. The van der Waals surface area contributed by atoms with Gasteiger partial charge in [0.25, 0.3) is 0 Å². The van der Waals surface area contributed by atoms with Crippen LogP contribution in [0.25, 0.3) is 11.2 Å². The molecule has 2 unspecified atom stereocenters. The molecule has 3 heterocycles. The van der Waals surface area contributed by atoms with Crippen LogP contribution >= 0.6 is 0 Å². The molecule has 0 aromatic carbocycles. The first-order chi connectivity index (χ1) is 9.29. The Labute approximate surface area is 110 Å². The van der Waals surface area contributed by atoms with Crippen molar-refractivity contribution in [3.63, 3.8) is 0 Å². The number of aliphatic hydroxyl groups is 1. The Balaban J connectivity index is 1.96. The molecule has 2 aromatic rings. The maximum atomic E-state index is 9.29. The second kappa shape index (κ2) is 5.10. The van der Waals surface area contributed by atoms with E-state index in [1.165, 1.54) is 6.33 Å². The van der Waals surface area contributed by atoms with Gasteiger partial charge < -0.3 is 15.6 Å². The van der Waals surface area contributed by atoms with E-state index in [9.17, 15) is 5.11 Å². The van der Waals surface area contributed by atoms with Crippen molar-refractivity contribution in [2.24, 2.45) is 0 Å². The molecule has 2 aromatic heterocycles. The third-order valence-electron chi connectivity index (χ3n) is 3.48. The van der Waals surface area contributed by atoms with E-state index < -0.39 is 0 Å². The first-order valence-corrected chi connectivity index (χ1v) is 6.49. The lowest BCUT2D eigenvalue weighted by Crippen LogP contribution is -2.21. The minimum Gasteiger partial charge on any atom is -0.394 e. The minimum absolute atomic E-state index is 0.0419. The van der Waals surface area contributed by atoms with Gasteiger partial charge in [-0.15, -0.1) is 0 Å². The van der Waals surface area contributed by atoms with Crippen molar-refractivity contribution in [3.8, 4) is 0 Å². The fraction of sp³-hybridized carbons (Fsp3) is 0.583. The highest BCUT2D eigenvalue weighted by atomic mass is 16.5. The summed E-state index contributed by atoms with van der Waals surface area (Å²) in [5, 5.41) is 9.29. The lowest BCUT2D eigenvalue weighted by molar-refractivity contribution is -0.0690. The number of anilines is 1. The van der Waals surface area contributed by atoms with Crippen LogP contribution in [0.5, 0.6) is 0 Å². The van der Waals surface area contributed by atoms with Crippen LogP contribution in [0, 0.1) is 0 Å². The SMILES string of the molecule is Nc1ncnc2c1ncn2C1CCCCC(CO)O1. The number of rotatable bonds is 2. The molecule has 2 atom stereocenters. The molecule has 3 N–H and O–H groups in total. The van der Waals surface area contributed by atoms with Gasteiger partial charge in [0.2, 0.25) is 0 Å². The van der Waals surface area contributed by atoms with E-state index >= 15 is 0 Å². The van der Waals surface area contributed by atoms with E-state index in [0.717, 1.165) is 25.7 Å². The van der Waals surface area contributed by atoms with Crippen LogP contribution in [-0.4, -0.2) is 37.3 Å². The summed E-state index contributed by atoms with van der Waals surface area (Å²) in [5.41, 5.74) is 7.05. The third kappa shape index (κ3) is 2.26. The van der Waals surface area contributed by atoms with Crippen LogP contribution < -0.4 is 5.73 Å². The van der Waals surface area contributed by atoms with Crippen molar-refractivity contribution in [1.82, 2.24) is 19.5 Å². The summed E-state index contributed by atoms with van der Waals surface area (Å²) in [6.07, 6.45) is 6.72. The summed E-state index contributed by atoms with van der Waals surface area (Å²) in [5.74, 6) is 0.371. The average molecular weight is 263 g/mol. The molecule has 1 fully saturated rings. The molecular weight excluding hydrogens is 246 g/mol. The van der Waals surface area contributed by atoms with Gasteiger partial charge in [0.05, 0.1) is 19.0 Å². The molecule has 1 saturated heterocycles. The average Bonchev–Trinajstić information content (AvgIpc) is 2.71. The van der Waals surface area contributed by atoms with Gasteiger partial charge in [-0.3, -0.25) is 4.57 Å². The van der Waals surface area contributed by atoms with Crippen molar-refractivity contribution < 1.29 is 9.84 Å². The molecular formula is C12H17N5O2. The molecule has 0 radical (unpaired) electrons. The first-order valence-electron chi connectivity index (χ1n) is 6.49. The van der Waals surface area contributed by atoms with Gasteiger partial charge in [-0.05, 0) is 19.3 Å². The number of nitrogens with zero attached hydrogens (tertiary/aromatic N) is 4. The van der Waals surface area contributed by atoms with Crippen LogP contribution in [0.3, 0.4) is 0 Å². The van der Waals surface area contributed by atoms with Crippen LogP contribution in [0.1, 0.15) is 31.9 Å². The molecule has 0 saturated carbocycles. The van der Waals surface area contributed by atoms with Crippen LogP contribution in [0.4, 0.5) is 5.82 Å². The fourth-order valence-electron chi connectivity index (χ4n) is 2.47. The summed E-state index contributed by atoms with van der Waals surface area (Å²) >= 11 is 0. The zero-order valence-corrected chi connectivity index (χ0v) is 10.6. The Hall–Kier alpha value is -1.73. The molecule has 7 heteroatoms. The van der Waals surface area contributed by atoms with E-state index in [-0.39, 0.29) is 18.9 Å². The van der Waals surface area contributed by atoms with Crippen molar-refractivity contribution in [2.45, 2.75) is 38.0 Å². The molecule has 0 aliphatic carbocycles. The molecule has 0 amide bonds. The first kappa shape index (κ1) is 12.3. The predicted molar refractivity (Wildman–Crippen MR) is 69.2 cm³/mol. The molecule has 0 bridgehead atoms. The summed E-state index contributed by atoms with van der Waals surface area (Å²) in [4.78, 5) is 12.4. The normalized spacial score (nSPS) is 24.5. The summed E-state index contributed by atoms with van der Waals surface area (Å²) in [7, 11) is 0. The summed E-state index contributed by atoms with van der Waals surface area (Å²) < 4.78 is 7.80. The van der Waals surface area contributed by atoms with Crippen molar-refractivity contribution in [1.29, 1.82) is 0 Å². The number of nitrogen functional groups attached to an aromatic ring is 1. The Morgan fingerprint density at radius 3 is 3.00 bits per heavy atom. The summed E-state index contributed by atoms with van der Waals surface area (Å²) in [6.45, 7) is 0.0419. The molecule has 3 rings (SSSR count). The second-order valence-corrected chi connectivity index (χ2v) is 4.76. The number of ether oxygens (including phenoxy) is 1. The topological polar surface area (TPSA) is 99.1 Å². The van der Waals surface area contributed by atoms with Crippen molar-refractivity contribution in [2.75, 3.05) is 12.3 Å². The molecule has 102 valence electrons. The van der Waals surface area contributed by atoms with Gasteiger partial charge in [0.15, 0.2) is 11.5 Å². The van der Waals surface area contributed by atoms with Crippen LogP contribution in [-0.2, 0) is 4.74 Å². The Kier molecular flexibility index (Phi) is 3.31. The van der Waals surface area contributed by atoms with Gasteiger partial charge in [0.1, 0.15) is 18.1 Å². The van der Waals surface area contributed by atoms with Crippen molar-refractivity contribution >= 4 is 17.0 Å². The van der Waals surface area contributed by atoms with Crippen LogP contribution in [0.15, 0.2) is 12.7 Å². The van der Waals surface area contributed by atoms with E-state index in [4.69, 9.17) is 10.5 Å². The zero-order valence-electron chi connectivity index (χ0n) is 10.6. The van der Waals surface area contributed by atoms with Gasteiger partial charge in [-0.2, -0.15) is 0 Å². The maximum absolute atomic E-state index is 9.29. The van der Waals surface area contributed by atoms with E-state index in [2.05, 4.69) is 15.0 Å². The van der Waals surface area contributed by atoms with Gasteiger partial charge in [-0.25, -0.2) is 15.0 Å². The Bertz CT molecular complexity index is 570. The highest BCUT2D eigenvalue weighted by Crippen LogP contribution is 2.28. The molecule has 0 spiro atoms. The highest BCUT2D eigenvalue weighted by Gasteiger charge is 2.23. The second-order valence-electron chi connectivity index (χ2n) is 4.76. The minimum atomic E-state index is -0.154.